The average Bonchev–Trinajstić information content (AvgIpc) is 2.33. The average molecular weight is 334 g/mol. The highest BCUT2D eigenvalue weighted by molar-refractivity contribution is 6.36. The molecule has 0 fully saturated rings. The van der Waals surface area contributed by atoms with Gasteiger partial charge >= 0.3 is 0 Å². The molecule has 4 heteroatoms. The number of halogens is 4. The maximum absolute atomic E-state index is 6.51. The summed E-state index contributed by atoms with van der Waals surface area (Å²) in [5.74, 6) is 0. The van der Waals surface area contributed by atoms with Gasteiger partial charge in [0.15, 0.2) is 0 Å². The maximum atomic E-state index is 6.51. The van der Waals surface area contributed by atoms with Crippen LogP contribution in [0.5, 0.6) is 0 Å². The molecule has 0 aromatic heterocycles. The third-order valence-corrected chi connectivity index (χ3v) is 4.48. The first-order valence-corrected chi connectivity index (χ1v) is 7.33. The Balaban J connectivity index is 2.49. The van der Waals surface area contributed by atoms with Gasteiger partial charge in [0.1, 0.15) is 0 Å². The maximum Gasteiger partial charge on any atom is 0.0864 e. The molecule has 1 atom stereocenters. The van der Waals surface area contributed by atoms with E-state index in [0.29, 0.717) is 15.1 Å². The van der Waals surface area contributed by atoms with E-state index in [0.717, 1.165) is 22.3 Å². The van der Waals surface area contributed by atoms with Gasteiger partial charge < -0.3 is 0 Å². The Morgan fingerprint density at radius 3 is 2.00 bits per heavy atom. The zero-order chi connectivity index (χ0) is 14.2. The van der Waals surface area contributed by atoms with Crippen LogP contribution in [0.3, 0.4) is 0 Å². The summed E-state index contributed by atoms with van der Waals surface area (Å²) in [6.07, 6.45) is 0. The van der Waals surface area contributed by atoms with Crippen LogP contribution < -0.4 is 0 Å². The van der Waals surface area contributed by atoms with Crippen molar-refractivity contribution in [3.8, 4) is 0 Å². The molecule has 19 heavy (non-hydrogen) atoms. The second-order valence-electron chi connectivity index (χ2n) is 4.49. The van der Waals surface area contributed by atoms with Gasteiger partial charge in [0.2, 0.25) is 0 Å². The van der Waals surface area contributed by atoms with Crippen LogP contribution in [0, 0.1) is 13.8 Å². The van der Waals surface area contributed by atoms with Gasteiger partial charge in [-0.3, -0.25) is 0 Å². The fourth-order valence-corrected chi connectivity index (χ4v) is 3.20. The van der Waals surface area contributed by atoms with Crippen molar-refractivity contribution in [1.82, 2.24) is 0 Å². The van der Waals surface area contributed by atoms with Crippen LogP contribution in [0.1, 0.15) is 27.6 Å². The van der Waals surface area contributed by atoms with E-state index in [1.165, 1.54) is 0 Å². The molecule has 0 aliphatic carbocycles. The minimum absolute atomic E-state index is 0.392. The first-order valence-electron chi connectivity index (χ1n) is 5.76. The van der Waals surface area contributed by atoms with E-state index >= 15 is 0 Å². The highest BCUT2D eigenvalue weighted by atomic mass is 35.5. The molecule has 0 radical (unpaired) electrons. The Hall–Kier alpha value is -0.400. The Morgan fingerprint density at radius 2 is 1.37 bits per heavy atom. The summed E-state index contributed by atoms with van der Waals surface area (Å²) < 4.78 is 0. The summed E-state index contributed by atoms with van der Waals surface area (Å²) in [7, 11) is 0. The number of benzene rings is 2. The lowest BCUT2D eigenvalue weighted by atomic mass is 10.00. The van der Waals surface area contributed by atoms with E-state index in [1.54, 1.807) is 12.1 Å². The van der Waals surface area contributed by atoms with E-state index in [1.807, 2.05) is 32.0 Å². The van der Waals surface area contributed by atoms with Gasteiger partial charge in [0, 0.05) is 15.1 Å². The van der Waals surface area contributed by atoms with Crippen molar-refractivity contribution in [3.05, 3.63) is 67.7 Å². The molecule has 0 spiro atoms. The van der Waals surface area contributed by atoms with Gasteiger partial charge in [-0.15, -0.1) is 11.6 Å². The van der Waals surface area contributed by atoms with E-state index in [-0.39, 0.29) is 0 Å². The van der Waals surface area contributed by atoms with Gasteiger partial charge in [0.25, 0.3) is 0 Å². The van der Waals surface area contributed by atoms with Crippen LogP contribution in [0.4, 0.5) is 0 Å². The van der Waals surface area contributed by atoms with Crippen LogP contribution in [0.2, 0.25) is 15.1 Å². The van der Waals surface area contributed by atoms with Crippen LogP contribution in [-0.2, 0) is 0 Å². The normalized spacial score (nSPS) is 12.5. The molecule has 2 aromatic rings. The highest BCUT2D eigenvalue weighted by Crippen LogP contribution is 2.38. The van der Waals surface area contributed by atoms with Gasteiger partial charge in [-0.2, -0.15) is 0 Å². The second-order valence-corrected chi connectivity index (χ2v) is 6.17. The van der Waals surface area contributed by atoms with E-state index in [2.05, 4.69) is 0 Å². The minimum atomic E-state index is -0.392. The van der Waals surface area contributed by atoms with Gasteiger partial charge in [0.05, 0.1) is 5.38 Å². The van der Waals surface area contributed by atoms with Gasteiger partial charge in [-0.05, 0) is 54.3 Å². The summed E-state index contributed by atoms with van der Waals surface area (Å²) in [6.45, 7) is 4.05. The van der Waals surface area contributed by atoms with E-state index in [4.69, 9.17) is 46.4 Å². The molecule has 0 aliphatic rings. The monoisotopic (exact) mass is 332 g/mol. The number of rotatable bonds is 2. The summed E-state index contributed by atoms with van der Waals surface area (Å²) in [6, 6.07) is 9.20. The summed E-state index contributed by atoms with van der Waals surface area (Å²) in [5, 5.41) is 1.39. The van der Waals surface area contributed by atoms with Crippen molar-refractivity contribution < 1.29 is 0 Å². The van der Waals surface area contributed by atoms with Gasteiger partial charge in [-0.1, -0.05) is 46.9 Å². The van der Waals surface area contributed by atoms with Crippen LogP contribution in [0.15, 0.2) is 30.3 Å². The van der Waals surface area contributed by atoms with Crippen LogP contribution in [0.25, 0.3) is 0 Å². The summed E-state index contributed by atoms with van der Waals surface area (Å²) in [5.41, 5.74) is 3.95. The first-order chi connectivity index (χ1) is 8.90. The van der Waals surface area contributed by atoms with Crippen molar-refractivity contribution in [1.29, 1.82) is 0 Å². The Morgan fingerprint density at radius 1 is 0.789 bits per heavy atom. The molecular formula is C15H12Cl4. The molecule has 2 rings (SSSR count). The topological polar surface area (TPSA) is 0 Å². The molecule has 0 heterocycles. The number of hydrogen-bond donors (Lipinski definition) is 0. The lowest BCUT2D eigenvalue weighted by Gasteiger charge is -2.16. The number of hydrogen-bond acceptors (Lipinski definition) is 0. The summed E-state index contributed by atoms with van der Waals surface area (Å²) in [4.78, 5) is 0. The largest absolute Gasteiger partial charge is 0.112 e. The zero-order valence-electron chi connectivity index (χ0n) is 10.5. The Labute approximate surface area is 133 Å². The molecule has 0 saturated carbocycles. The standard InChI is InChI=1S/C15H12Cl4/c1-8-5-12(13(17)6-9(8)2)15(19)11-4-3-10(16)7-14(11)18/h3-7,15H,1-2H3. The molecule has 100 valence electrons. The highest BCUT2D eigenvalue weighted by Gasteiger charge is 2.18. The molecule has 0 N–H and O–H groups in total. The third-order valence-electron chi connectivity index (χ3n) is 3.12. The molecule has 0 amide bonds. The molecular weight excluding hydrogens is 322 g/mol. The van der Waals surface area contributed by atoms with E-state index < -0.39 is 5.38 Å². The van der Waals surface area contributed by atoms with Crippen molar-refractivity contribution in [3.63, 3.8) is 0 Å². The minimum Gasteiger partial charge on any atom is -0.112 e. The van der Waals surface area contributed by atoms with Gasteiger partial charge in [-0.25, -0.2) is 0 Å². The zero-order valence-corrected chi connectivity index (χ0v) is 13.5. The van der Waals surface area contributed by atoms with Crippen molar-refractivity contribution in [2.45, 2.75) is 19.2 Å². The molecule has 0 bridgehead atoms. The molecule has 0 nitrogen and oxygen atoms in total. The van der Waals surface area contributed by atoms with Crippen LogP contribution >= 0.6 is 46.4 Å². The summed E-state index contributed by atoms with van der Waals surface area (Å²) >= 11 is 24.9. The number of alkyl halides is 1. The number of aryl methyl sites for hydroxylation is 2. The lowest BCUT2D eigenvalue weighted by Crippen LogP contribution is -1.97. The Bertz CT molecular complexity index is 620. The van der Waals surface area contributed by atoms with Crippen molar-refractivity contribution >= 4 is 46.4 Å². The molecule has 0 saturated heterocycles. The SMILES string of the molecule is Cc1cc(Cl)c(C(Cl)c2ccc(Cl)cc2Cl)cc1C. The third kappa shape index (κ3) is 3.20. The Kier molecular flexibility index (Phi) is 4.68. The van der Waals surface area contributed by atoms with Crippen molar-refractivity contribution in [2.24, 2.45) is 0 Å². The fraction of sp³-hybridized carbons (Fsp3) is 0.200. The fourth-order valence-electron chi connectivity index (χ4n) is 1.87. The molecule has 2 aromatic carbocycles. The molecule has 0 aliphatic heterocycles. The lowest BCUT2D eigenvalue weighted by molar-refractivity contribution is 1.12. The van der Waals surface area contributed by atoms with E-state index in [9.17, 15) is 0 Å². The smallest absolute Gasteiger partial charge is 0.0864 e. The predicted molar refractivity (Wildman–Crippen MR) is 85.1 cm³/mol. The van der Waals surface area contributed by atoms with Crippen LogP contribution in [-0.4, -0.2) is 0 Å². The molecule has 1 unspecified atom stereocenters. The second kappa shape index (κ2) is 5.93. The van der Waals surface area contributed by atoms with Crippen molar-refractivity contribution in [2.75, 3.05) is 0 Å². The first kappa shape index (κ1) is 15.0. The quantitative estimate of drug-likeness (QED) is 0.543. The predicted octanol–water partition coefficient (Wildman–Crippen LogP) is 6.59.